The molecule has 0 bridgehead atoms. The van der Waals surface area contributed by atoms with Gasteiger partial charge in [0.1, 0.15) is 12.7 Å². The summed E-state index contributed by atoms with van der Waals surface area (Å²) in [6.45, 7) is 1.92. The minimum atomic E-state index is -0.189. The Morgan fingerprint density at radius 2 is 2.25 bits per heavy atom. The lowest BCUT2D eigenvalue weighted by atomic mass is 10.0. The number of rotatable bonds is 7. The summed E-state index contributed by atoms with van der Waals surface area (Å²) >= 11 is 0. The molecule has 0 aromatic carbocycles. The normalized spacial score (nSPS) is 26.5. The molecule has 2 aliphatic rings. The van der Waals surface area contributed by atoms with Gasteiger partial charge in [-0.25, -0.2) is 4.98 Å². The fourth-order valence-electron chi connectivity index (χ4n) is 3.05. The van der Waals surface area contributed by atoms with Gasteiger partial charge in [-0.2, -0.15) is 0 Å². The summed E-state index contributed by atoms with van der Waals surface area (Å²) in [7, 11) is 1.58. The second kappa shape index (κ2) is 8.41. The smallest absolute Gasteiger partial charge is 0.246 e. The average molecular weight is 336 g/mol. The molecule has 3 heterocycles. The van der Waals surface area contributed by atoms with Crippen molar-refractivity contribution in [1.82, 2.24) is 10.3 Å². The van der Waals surface area contributed by atoms with Crippen LogP contribution in [0.25, 0.3) is 0 Å². The Morgan fingerprint density at radius 3 is 2.96 bits per heavy atom. The lowest BCUT2D eigenvalue weighted by Gasteiger charge is -2.20. The summed E-state index contributed by atoms with van der Waals surface area (Å²) < 4.78 is 21.7. The quantitative estimate of drug-likeness (QED) is 0.807. The molecule has 0 aliphatic carbocycles. The number of carbonyl (C=O) groups excluding carboxylic acids is 1. The van der Waals surface area contributed by atoms with Crippen LogP contribution in [0.2, 0.25) is 0 Å². The van der Waals surface area contributed by atoms with Crippen LogP contribution in [0.3, 0.4) is 0 Å². The lowest BCUT2D eigenvalue weighted by molar-refractivity contribution is -0.128. The molecule has 3 atom stereocenters. The molecule has 3 rings (SSSR count). The molecule has 7 heteroatoms. The van der Waals surface area contributed by atoms with Crippen molar-refractivity contribution in [2.75, 3.05) is 33.5 Å². The fourth-order valence-corrected chi connectivity index (χ4v) is 3.05. The maximum Gasteiger partial charge on any atom is 0.246 e. The topological polar surface area (TPSA) is 78.9 Å². The van der Waals surface area contributed by atoms with Crippen molar-refractivity contribution >= 4 is 5.91 Å². The SMILES string of the molecule is COc1ccc([C@H]2OCC[C@@H]2NC(=O)COC[C@@H]2CCCO2)cn1. The highest BCUT2D eigenvalue weighted by molar-refractivity contribution is 5.77. The van der Waals surface area contributed by atoms with Crippen LogP contribution >= 0.6 is 0 Å². The second-order valence-electron chi connectivity index (χ2n) is 6.04. The zero-order valence-corrected chi connectivity index (χ0v) is 13.9. The molecular formula is C17H24N2O5. The van der Waals surface area contributed by atoms with E-state index in [1.807, 2.05) is 6.07 Å². The van der Waals surface area contributed by atoms with Gasteiger partial charge in [-0.1, -0.05) is 0 Å². The molecule has 1 aromatic rings. The van der Waals surface area contributed by atoms with Gasteiger partial charge in [-0.15, -0.1) is 0 Å². The van der Waals surface area contributed by atoms with E-state index in [9.17, 15) is 4.79 Å². The minimum Gasteiger partial charge on any atom is -0.481 e. The van der Waals surface area contributed by atoms with Gasteiger partial charge in [0.25, 0.3) is 0 Å². The van der Waals surface area contributed by atoms with Crippen LogP contribution in [0.4, 0.5) is 0 Å². The monoisotopic (exact) mass is 336 g/mol. The van der Waals surface area contributed by atoms with E-state index >= 15 is 0 Å². The Balaban J connectivity index is 1.46. The summed E-state index contributed by atoms with van der Waals surface area (Å²) in [6.07, 6.45) is 4.51. The average Bonchev–Trinajstić information content (AvgIpc) is 3.27. The first-order valence-electron chi connectivity index (χ1n) is 8.36. The number of pyridine rings is 1. The van der Waals surface area contributed by atoms with Crippen LogP contribution in [0, 0.1) is 0 Å². The summed E-state index contributed by atoms with van der Waals surface area (Å²) in [5.74, 6) is 0.426. The number of methoxy groups -OCH3 is 1. The first-order chi connectivity index (χ1) is 11.8. The van der Waals surface area contributed by atoms with E-state index in [0.29, 0.717) is 19.1 Å². The van der Waals surface area contributed by atoms with Gasteiger partial charge in [-0.05, 0) is 25.3 Å². The van der Waals surface area contributed by atoms with Gasteiger partial charge in [0, 0.05) is 31.0 Å². The molecule has 0 radical (unpaired) electrons. The van der Waals surface area contributed by atoms with E-state index in [-0.39, 0.29) is 30.8 Å². The molecule has 2 aliphatic heterocycles. The Bertz CT molecular complexity index is 530. The summed E-state index contributed by atoms with van der Waals surface area (Å²) in [5.41, 5.74) is 0.930. The highest BCUT2D eigenvalue weighted by Crippen LogP contribution is 2.29. The fraction of sp³-hybridized carbons (Fsp3) is 0.647. The van der Waals surface area contributed by atoms with Gasteiger partial charge >= 0.3 is 0 Å². The third-order valence-electron chi connectivity index (χ3n) is 4.30. The molecule has 0 unspecified atom stereocenters. The molecule has 2 fully saturated rings. The number of carbonyl (C=O) groups is 1. The molecule has 2 saturated heterocycles. The van der Waals surface area contributed by atoms with Crippen LogP contribution in [0.5, 0.6) is 5.88 Å². The highest BCUT2D eigenvalue weighted by Gasteiger charge is 2.31. The van der Waals surface area contributed by atoms with Crippen LogP contribution in [0.15, 0.2) is 18.3 Å². The Morgan fingerprint density at radius 1 is 1.33 bits per heavy atom. The van der Waals surface area contributed by atoms with E-state index in [4.69, 9.17) is 18.9 Å². The third-order valence-corrected chi connectivity index (χ3v) is 4.30. The second-order valence-corrected chi connectivity index (χ2v) is 6.04. The summed E-state index contributed by atoms with van der Waals surface area (Å²) in [4.78, 5) is 16.3. The van der Waals surface area contributed by atoms with Crippen molar-refractivity contribution in [1.29, 1.82) is 0 Å². The summed E-state index contributed by atoms with van der Waals surface area (Å²) in [5, 5.41) is 2.99. The van der Waals surface area contributed by atoms with Crippen molar-refractivity contribution in [2.24, 2.45) is 0 Å². The first-order valence-corrected chi connectivity index (χ1v) is 8.36. The van der Waals surface area contributed by atoms with E-state index < -0.39 is 0 Å². The van der Waals surface area contributed by atoms with Crippen LogP contribution in [-0.4, -0.2) is 56.6 Å². The molecule has 0 saturated carbocycles. The minimum absolute atomic E-state index is 0.0456. The zero-order valence-electron chi connectivity index (χ0n) is 13.9. The lowest BCUT2D eigenvalue weighted by Crippen LogP contribution is -2.39. The molecular weight excluding hydrogens is 312 g/mol. The number of hydrogen-bond donors (Lipinski definition) is 1. The van der Waals surface area contributed by atoms with Gasteiger partial charge in [0.2, 0.25) is 11.8 Å². The van der Waals surface area contributed by atoms with Crippen molar-refractivity contribution in [3.63, 3.8) is 0 Å². The van der Waals surface area contributed by atoms with Crippen molar-refractivity contribution < 1.29 is 23.7 Å². The molecule has 24 heavy (non-hydrogen) atoms. The van der Waals surface area contributed by atoms with E-state index in [1.165, 1.54) is 0 Å². The van der Waals surface area contributed by atoms with Crippen molar-refractivity contribution in [2.45, 2.75) is 37.5 Å². The molecule has 0 spiro atoms. The van der Waals surface area contributed by atoms with Gasteiger partial charge in [-0.3, -0.25) is 4.79 Å². The number of nitrogens with zero attached hydrogens (tertiary/aromatic N) is 1. The number of hydrogen-bond acceptors (Lipinski definition) is 6. The predicted octanol–water partition coefficient (Wildman–Crippen LogP) is 1.23. The largest absolute Gasteiger partial charge is 0.481 e. The number of aromatic nitrogens is 1. The predicted molar refractivity (Wildman–Crippen MR) is 85.8 cm³/mol. The molecule has 1 amide bonds. The standard InChI is InChI=1S/C17H24N2O5/c1-21-16-5-4-12(9-18-16)17-14(6-8-24-17)19-15(20)11-22-10-13-3-2-7-23-13/h4-5,9,13-14,17H,2-3,6-8,10-11H2,1H3,(H,19,20)/t13-,14-,17+/m0/s1. The van der Waals surface area contributed by atoms with Crippen molar-refractivity contribution in [3.05, 3.63) is 23.9 Å². The van der Waals surface area contributed by atoms with E-state index in [2.05, 4.69) is 10.3 Å². The zero-order chi connectivity index (χ0) is 16.8. The number of ether oxygens (including phenoxy) is 4. The third kappa shape index (κ3) is 4.43. The number of nitrogens with one attached hydrogen (secondary N) is 1. The van der Waals surface area contributed by atoms with E-state index in [0.717, 1.165) is 31.4 Å². The first kappa shape index (κ1) is 17.1. The van der Waals surface area contributed by atoms with Crippen LogP contribution in [-0.2, 0) is 19.0 Å². The van der Waals surface area contributed by atoms with Crippen LogP contribution in [0.1, 0.15) is 30.9 Å². The maximum absolute atomic E-state index is 12.1. The molecule has 1 N–H and O–H groups in total. The Hall–Kier alpha value is -1.70. The number of amides is 1. The molecule has 132 valence electrons. The molecule has 1 aromatic heterocycles. The maximum atomic E-state index is 12.1. The van der Waals surface area contributed by atoms with Gasteiger partial charge in [0.05, 0.1) is 25.9 Å². The summed E-state index contributed by atoms with van der Waals surface area (Å²) in [6, 6.07) is 3.63. The van der Waals surface area contributed by atoms with Crippen molar-refractivity contribution in [3.8, 4) is 5.88 Å². The van der Waals surface area contributed by atoms with Crippen LogP contribution < -0.4 is 10.1 Å². The van der Waals surface area contributed by atoms with Gasteiger partial charge < -0.3 is 24.3 Å². The molecule has 7 nitrogen and oxygen atoms in total. The Kier molecular flexibility index (Phi) is 6.01. The Labute approximate surface area is 141 Å². The van der Waals surface area contributed by atoms with Gasteiger partial charge in [0.15, 0.2) is 0 Å². The highest BCUT2D eigenvalue weighted by atomic mass is 16.5. The van der Waals surface area contributed by atoms with E-state index in [1.54, 1.807) is 19.4 Å².